The van der Waals surface area contributed by atoms with E-state index in [0.29, 0.717) is 22.8 Å². The average Bonchev–Trinajstić information content (AvgIpc) is 3.09. The molecule has 0 saturated heterocycles. The molecular weight excluding hydrogens is 322 g/mol. The van der Waals surface area contributed by atoms with E-state index in [4.69, 9.17) is 14.2 Å². The monoisotopic (exact) mass is 339 g/mol. The molecule has 25 heavy (non-hydrogen) atoms. The van der Waals surface area contributed by atoms with Crippen LogP contribution >= 0.6 is 0 Å². The molecule has 3 aromatic rings. The second-order valence-electron chi connectivity index (χ2n) is 5.34. The number of hydrogen-bond acceptors (Lipinski definition) is 5. The van der Waals surface area contributed by atoms with Crippen LogP contribution in [0.15, 0.2) is 48.5 Å². The van der Waals surface area contributed by atoms with Crippen LogP contribution in [0.5, 0.6) is 11.5 Å². The number of methoxy groups -OCH3 is 2. The third-order valence-corrected chi connectivity index (χ3v) is 3.79. The zero-order chi connectivity index (χ0) is 17.8. The van der Waals surface area contributed by atoms with E-state index < -0.39 is 12.6 Å². The Bertz CT molecular complexity index is 895. The Labute approximate surface area is 144 Å². The van der Waals surface area contributed by atoms with Crippen molar-refractivity contribution in [1.82, 2.24) is 4.98 Å². The van der Waals surface area contributed by atoms with Gasteiger partial charge in [-0.1, -0.05) is 18.2 Å². The first kappa shape index (κ1) is 16.6. The van der Waals surface area contributed by atoms with Crippen LogP contribution in [0.25, 0.3) is 10.9 Å². The van der Waals surface area contributed by atoms with Gasteiger partial charge in [-0.2, -0.15) is 0 Å². The zero-order valence-corrected chi connectivity index (χ0v) is 13.9. The van der Waals surface area contributed by atoms with Crippen molar-refractivity contribution in [3.63, 3.8) is 0 Å². The number of fused-ring (bicyclic) bond motifs is 1. The van der Waals surface area contributed by atoms with Crippen molar-refractivity contribution in [3.8, 4) is 11.5 Å². The Morgan fingerprint density at radius 2 is 1.80 bits per heavy atom. The molecule has 0 amide bonds. The molecule has 0 saturated carbocycles. The van der Waals surface area contributed by atoms with Gasteiger partial charge in [0.25, 0.3) is 0 Å². The molecule has 0 aliphatic carbocycles. The highest BCUT2D eigenvalue weighted by Crippen LogP contribution is 2.24. The molecule has 0 bridgehead atoms. The fourth-order valence-electron chi connectivity index (χ4n) is 2.50. The molecule has 0 aliphatic rings. The van der Waals surface area contributed by atoms with E-state index in [9.17, 15) is 9.59 Å². The number of carbonyl (C=O) groups excluding carboxylic acids is 2. The van der Waals surface area contributed by atoms with Crippen LogP contribution in [-0.2, 0) is 4.74 Å². The van der Waals surface area contributed by atoms with Crippen molar-refractivity contribution in [2.45, 2.75) is 0 Å². The predicted octanol–water partition coefficient (Wildman–Crippen LogP) is 3.22. The molecule has 1 N–H and O–H groups in total. The normalized spacial score (nSPS) is 10.5. The molecule has 3 rings (SSSR count). The summed E-state index contributed by atoms with van der Waals surface area (Å²) in [4.78, 5) is 27.5. The predicted molar refractivity (Wildman–Crippen MR) is 92.5 cm³/mol. The summed E-state index contributed by atoms with van der Waals surface area (Å²) in [5, 5.41) is 0.898. The molecule has 0 aliphatic heterocycles. The fourth-order valence-corrected chi connectivity index (χ4v) is 2.50. The maximum Gasteiger partial charge on any atom is 0.355 e. The molecular formula is C19H17NO5. The van der Waals surface area contributed by atoms with Crippen LogP contribution < -0.4 is 9.47 Å². The van der Waals surface area contributed by atoms with Crippen molar-refractivity contribution in [1.29, 1.82) is 0 Å². The van der Waals surface area contributed by atoms with Crippen molar-refractivity contribution in [3.05, 3.63) is 59.8 Å². The number of benzene rings is 2. The minimum absolute atomic E-state index is 0.297. The molecule has 0 radical (unpaired) electrons. The number of aromatic nitrogens is 1. The number of H-pyrrole nitrogens is 1. The maximum absolute atomic E-state index is 12.4. The summed E-state index contributed by atoms with van der Waals surface area (Å²) in [5.41, 5.74) is 1.42. The third-order valence-electron chi connectivity index (χ3n) is 3.79. The molecule has 0 spiro atoms. The standard InChI is InChI=1S/C19H17NO5/c1-23-13-7-8-18(24-2)14(10-13)17(21)11-25-19(22)16-9-12-5-3-4-6-15(12)20-16/h3-10,20H,11H2,1-2H3. The number of esters is 1. The molecule has 6 heteroatoms. The third kappa shape index (κ3) is 3.47. The van der Waals surface area contributed by atoms with Crippen molar-refractivity contribution in [2.75, 3.05) is 20.8 Å². The Morgan fingerprint density at radius 1 is 1.00 bits per heavy atom. The van der Waals surface area contributed by atoms with Gasteiger partial charge in [-0.3, -0.25) is 4.79 Å². The van der Waals surface area contributed by atoms with Crippen LogP contribution in [0, 0.1) is 0 Å². The number of Topliss-reactive ketones (excluding diaryl/α,β-unsaturated/α-hetero) is 1. The number of ketones is 1. The summed E-state index contributed by atoms with van der Waals surface area (Å²) in [6.07, 6.45) is 0. The molecule has 128 valence electrons. The molecule has 6 nitrogen and oxygen atoms in total. The summed E-state index contributed by atoms with van der Waals surface area (Å²) >= 11 is 0. The SMILES string of the molecule is COc1ccc(OC)c(C(=O)COC(=O)c2cc3ccccc3[nH]2)c1. The Kier molecular flexibility index (Phi) is 4.70. The molecule has 2 aromatic carbocycles. The van der Waals surface area contributed by atoms with E-state index in [1.165, 1.54) is 14.2 Å². The second-order valence-corrected chi connectivity index (χ2v) is 5.34. The van der Waals surface area contributed by atoms with Crippen LogP contribution in [-0.4, -0.2) is 37.6 Å². The highest BCUT2D eigenvalue weighted by atomic mass is 16.5. The lowest BCUT2D eigenvalue weighted by Gasteiger charge is -2.09. The van der Waals surface area contributed by atoms with Crippen LogP contribution in [0.2, 0.25) is 0 Å². The summed E-state index contributed by atoms with van der Waals surface area (Å²) < 4.78 is 15.4. The quantitative estimate of drug-likeness (QED) is 0.551. The first-order valence-electron chi connectivity index (χ1n) is 7.62. The Hall–Kier alpha value is -3.28. The van der Waals surface area contributed by atoms with Gasteiger partial charge in [0.05, 0.1) is 19.8 Å². The molecule has 0 unspecified atom stereocenters. The Morgan fingerprint density at radius 3 is 2.52 bits per heavy atom. The number of ether oxygens (including phenoxy) is 3. The number of nitrogens with one attached hydrogen (secondary N) is 1. The topological polar surface area (TPSA) is 77.6 Å². The first-order valence-corrected chi connectivity index (χ1v) is 7.62. The maximum atomic E-state index is 12.4. The lowest BCUT2D eigenvalue weighted by Crippen LogP contribution is -2.15. The minimum atomic E-state index is -0.591. The van der Waals surface area contributed by atoms with Crippen LogP contribution in [0.4, 0.5) is 0 Å². The van der Waals surface area contributed by atoms with Gasteiger partial charge < -0.3 is 19.2 Å². The molecule has 0 fully saturated rings. The summed E-state index contributed by atoms with van der Waals surface area (Å²) in [5.74, 6) is -0.0508. The van der Waals surface area contributed by atoms with E-state index in [2.05, 4.69) is 4.98 Å². The van der Waals surface area contributed by atoms with Gasteiger partial charge in [-0.05, 0) is 30.3 Å². The number of para-hydroxylation sites is 1. The van der Waals surface area contributed by atoms with Crippen LogP contribution in [0.1, 0.15) is 20.8 Å². The number of rotatable bonds is 6. The van der Waals surface area contributed by atoms with E-state index >= 15 is 0 Å². The van der Waals surface area contributed by atoms with Gasteiger partial charge in [0.2, 0.25) is 5.78 Å². The lowest BCUT2D eigenvalue weighted by atomic mass is 10.1. The number of carbonyl (C=O) groups is 2. The van der Waals surface area contributed by atoms with Gasteiger partial charge in [0.15, 0.2) is 6.61 Å². The molecule has 1 aromatic heterocycles. The van der Waals surface area contributed by atoms with E-state index in [1.807, 2.05) is 24.3 Å². The number of aromatic amines is 1. The minimum Gasteiger partial charge on any atom is -0.497 e. The van der Waals surface area contributed by atoms with Gasteiger partial charge in [-0.25, -0.2) is 4.79 Å². The van der Waals surface area contributed by atoms with Gasteiger partial charge in [0.1, 0.15) is 17.2 Å². The second kappa shape index (κ2) is 7.09. The summed E-state index contributed by atoms with van der Waals surface area (Å²) in [6, 6.07) is 14.0. The van der Waals surface area contributed by atoms with E-state index in [0.717, 1.165) is 10.9 Å². The summed E-state index contributed by atoms with van der Waals surface area (Å²) in [6.45, 7) is -0.391. The zero-order valence-electron chi connectivity index (χ0n) is 13.9. The summed E-state index contributed by atoms with van der Waals surface area (Å²) in [7, 11) is 2.97. The Balaban J connectivity index is 1.72. The highest BCUT2D eigenvalue weighted by molar-refractivity contribution is 6.02. The van der Waals surface area contributed by atoms with Crippen LogP contribution in [0.3, 0.4) is 0 Å². The smallest absolute Gasteiger partial charge is 0.355 e. The molecule has 0 atom stereocenters. The van der Waals surface area contributed by atoms with Crippen molar-refractivity contribution < 1.29 is 23.8 Å². The molecule has 1 heterocycles. The number of hydrogen-bond donors (Lipinski definition) is 1. The van der Waals surface area contributed by atoms with Gasteiger partial charge >= 0.3 is 5.97 Å². The van der Waals surface area contributed by atoms with E-state index in [1.54, 1.807) is 24.3 Å². The first-order chi connectivity index (χ1) is 12.1. The van der Waals surface area contributed by atoms with Crippen molar-refractivity contribution >= 4 is 22.7 Å². The highest BCUT2D eigenvalue weighted by Gasteiger charge is 2.17. The van der Waals surface area contributed by atoms with Crippen molar-refractivity contribution in [2.24, 2.45) is 0 Å². The lowest BCUT2D eigenvalue weighted by molar-refractivity contribution is 0.0469. The largest absolute Gasteiger partial charge is 0.497 e. The fraction of sp³-hybridized carbons (Fsp3) is 0.158. The van der Waals surface area contributed by atoms with Gasteiger partial charge in [-0.15, -0.1) is 0 Å². The van der Waals surface area contributed by atoms with Gasteiger partial charge in [0, 0.05) is 10.9 Å². The van der Waals surface area contributed by atoms with E-state index in [-0.39, 0.29) is 5.78 Å². The average molecular weight is 339 g/mol.